The van der Waals surface area contributed by atoms with Crippen LogP contribution in [0.15, 0.2) is 51.7 Å². The Bertz CT molecular complexity index is 954. The number of morpholine rings is 1. The van der Waals surface area contributed by atoms with E-state index in [0.29, 0.717) is 37.1 Å². The maximum atomic E-state index is 12.9. The van der Waals surface area contributed by atoms with Crippen LogP contribution in [0.1, 0.15) is 24.1 Å². The summed E-state index contributed by atoms with van der Waals surface area (Å²) in [6.07, 6.45) is 3.58. The van der Waals surface area contributed by atoms with Crippen molar-refractivity contribution in [1.29, 1.82) is 0 Å². The van der Waals surface area contributed by atoms with E-state index >= 15 is 0 Å². The predicted octanol–water partition coefficient (Wildman–Crippen LogP) is 3.84. The van der Waals surface area contributed by atoms with Gasteiger partial charge in [0.1, 0.15) is 4.21 Å². The van der Waals surface area contributed by atoms with Gasteiger partial charge < -0.3 is 15.0 Å². The third-order valence-corrected chi connectivity index (χ3v) is 8.71. The molecule has 170 valence electrons. The average molecular weight is 577 g/mol. The smallest absolute Gasteiger partial charge is 0.252 e. The van der Waals surface area contributed by atoms with Gasteiger partial charge in [-0.25, -0.2) is 13.4 Å². The summed E-state index contributed by atoms with van der Waals surface area (Å²) in [5, 5.41) is 3.45. The maximum absolute atomic E-state index is 12.9. The first-order valence-electron chi connectivity index (χ1n) is 10.4. The molecule has 4 rings (SSSR count). The van der Waals surface area contributed by atoms with Gasteiger partial charge in [0.25, 0.3) is 10.0 Å². The van der Waals surface area contributed by atoms with Gasteiger partial charge >= 0.3 is 0 Å². The first-order chi connectivity index (χ1) is 14.6. The van der Waals surface area contributed by atoms with Crippen LogP contribution in [0.4, 0.5) is 5.69 Å². The number of sulfonamides is 1. The molecule has 1 aromatic heterocycles. The van der Waals surface area contributed by atoms with Crippen LogP contribution in [0.5, 0.6) is 0 Å². The van der Waals surface area contributed by atoms with Crippen molar-refractivity contribution in [1.82, 2.24) is 9.21 Å². The molecule has 0 unspecified atom stereocenters. The van der Waals surface area contributed by atoms with Crippen molar-refractivity contribution in [2.45, 2.75) is 30.0 Å². The minimum atomic E-state index is -3.45. The number of piperidine rings is 1. The first kappa shape index (κ1) is 24.4. The van der Waals surface area contributed by atoms with Crippen molar-refractivity contribution in [3.8, 4) is 0 Å². The second kappa shape index (κ2) is 11.6. The maximum Gasteiger partial charge on any atom is 0.252 e. The zero-order valence-electron chi connectivity index (χ0n) is 17.4. The van der Waals surface area contributed by atoms with Crippen LogP contribution < -0.4 is 5.32 Å². The first-order valence-corrected chi connectivity index (χ1v) is 12.7. The second-order valence-corrected chi connectivity index (χ2v) is 10.7. The molecule has 0 atom stereocenters. The minimum Gasteiger partial charge on any atom is -0.379 e. The Hall–Kier alpha value is -1.21. The standard InChI is InChI=1S/C21H28N4O3S2.HI/c26-30(27,25-13-15-28-16-14-25)20-10-9-19(29-20)17-22-21(24-11-5-2-6-12-24)23-18-7-3-1-4-8-18;/h1,3-4,7-10H,2,5-6,11-17H2,(H,22,23);1H. The lowest BCUT2D eigenvalue weighted by Crippen LogP contribution is -2.40. The molecule has 1 N–H and O–H groups in total. The molecular formula is C21H29IN4O3S2. The van der Waals surface area contributed by atoms with Crippen molar-refractivity contribution in [2.75, 3.05) is 44.7 Å². The molecule has 10 heteroatoms. The number of nitrogens with zero attached hydrogens (tertiary/aromatic N) is 3. The number of guanidine groups is 1. The van der Waals surface area contributed by atoms with Gasteiger partial charge in [-0.3, -0.25) is 0 Å². The van der Waals surface area contributed by atoms with Gasteiger partial charge in [-0.1, -0.05) is 18.2 Å². The Morgan fingerprint density at radius 1 is 1.00 bits per heavy atom. The third-order valence-electron chi connectivity index (χ3n) is 5.27. The Kier molecular flexibility index (Phi) is 9.14. The number of rotatable bonds is 5. The minimum absolute atomic E-state index is 0. The molecule has 3 heterocycles. The van der Waals surface area contributed by atoms with Crippen molar-refractivity contribution < 1.29 is 13.2 Å². The van der Waals surface area contributed by atoms with E-state index < -0.39 is 10.0 Å². The number of ether oxygens (including phenoxy) is 1. The highest BCUT2D eigenvalue weighted by Crippen LogP contribution is 2.26. The molecule has 2 saturated heterocycles. The Balaban J connectivity index is 0.00000272. The largest absolute Gasteiger partial charge is 0.379 e. The summed E-state index contributed by atoms with van der Waals surface area (Å²) in [4.78, 5) is 8.06. The van der Waals surface area contributed by atoms with E-state index in [2.05, 4.69) is 10.2 Å². The van der Waals surface area contributed by atoms with Crippen LogP contribution in [0.25, 0.3) is 0 Å². The van der Waals surface area contributed by atoms with Crippen LogP contribution in [0, 0.1) is 0 Å². The van der Waals surface area contributed by atoms with E-state index in [4.69, 9.17) is 9.73 Å². The van der Waals surface area contributed by atoms with Crippen LogP contribution in [0.3, 0.4) is 0 Å². The van der Waals surface area contributed by atoms with Gasteiger partial charge in [-0.05, 0) is 43.5 Å². The van der Waals surface area contributed by atoms with Gasteiger partial charge in [-0.15, -0.1) is 35.3 Å². The van der Waals surface area contributed by atoms with Gasteiger partial charge in [0.2, 0.25) is 0 Å². The SMILES string of the molecule is I.O=S(=O)(c1ccc(CN=C(Nc2ccccc2)N2CCCCC2)s1)N1CCOCC1. The Morgan fingerprint density at radius 3 is 2.42 bits per heavy atom. The van der Waals surface area contributed by atoms with Gasteiger partial charge in [0.15, 0.2) is 5.96 Å². The fourth-order valence-electron chi connectivity index (χ4n) is 3.62. The summed E-state index contributed by atoms with van der Waals surface area (Å²) in [7, 11) is -3.45. The molecule has 0 spiro atoms. The van der Waals surface area contributed by atoms with Gasteiger partial charge in [0.05, 0.1) is 19.8 Å². The summed E-state index contributed by atoms with van der Waals surface area (Å²) in [6.45, 7) is 4.15. The number of anilines is 1. The number of benzene rings is 1. The number of nitrogens with one attached hydrogen (secondary N) is 1. The van der Waals surface area contributed by atoms with Crippen LogP contribution in [-0.2, 0) is 21.3 Å². The van der Waals surface area contributed by atoms with Crippen molar-refractivity contribution in [3.63, 3.8) is 0 Å². The van der Waals surface area contributed by atoms with E-state index in [0.717, 1.165) is 42.5 Å². The molecule has 0 amide bonds. The van der Waals surface area contributed by atoms with E-state index in [1.807, 2.05) is 36.4 Å². The highest BCUT2D eigenvalue weighted by Gasteiger charge is 2.27. The Labute approximate surface area is 205 Å². The molecule has 2 aliphatic rings. The molecule has 0 saturated carbocycles. The summed E-state index contributed by atoms with van der Waals surface area (Å²) in [5.74, 6) is 0.854. The van der Waals surface area contributed by atoms with Gasteiger partial charge in [-0.2, -0.15) is 4.31 Å². The fourth-order valence-corrected chi connectivity index (χ4v) is 6.47. The molecule has 0 bridgehead atoms. The zero-order valence-corrected chi connectivity index (χ0v) is 21.4. The lowest BCUT2D eigenvalue weighted by Gasteiger charge is -2.30. The molecule has 2 fully saturated rings. The topological polar surface area (TPSA) is 74.2 Å². The monoisotopic (exact) mass is 576 g/mol. The molecule has 1 aromatic carbocycles. The van der Waals surface area contributed by atoms with E-state index in [9.17, 15) is 8.42 Å². The van der Waals surface area contributed by atoms with Crippen LogP contribution >= 0.6 is 35.3 Å². The van der Waals surface area contributed by atoms with E-state index in [-0.39, 0.29) is 24.0 Å². The van der Waals surface area contributed by atoms with Crippen molar-refractivity contribution in [3.05, 3.63) is 47.3 Å². The van der Waals surface area contributed by atoms with Crippen LogP contribution in [0.2, 0.25) is 0 Å². The van der Waals surface area contributed by atoms with Crippen molar-refractivity contribution >= 4 is 57.0 Å². The number of aliphatic imine (C=N–C) groups is 1. The summed E-state index contributed by atoms with van der Waals surface area (Å²) >= 11 is 1.30. The lowest BCUT2D eigenvalue weighted by atomic mass is 10.1. The summed E-state index contributed by atoms with van der Waals surface area (Å²) < 4.78 is 32.9. The zero-order chi connectivity index (χ0) is 20.8. The van der Waals surface area contributed by atoms with Gasteiger partial charge in [0, 0.05) is 36.7 Å². The molecule has 7 nitrogen and oxygen atoms in total. The average Bonchev–Trinajstić information content (AvgIpc) is 3.28. The lowest BCUT2D eigenvalue weighted by molar-refractivity contribution is 0.0731. The highest BCUT2D eigenvalue weighted by molar-refractivity contribution is 14.0. The molecule has 0 radical (unpaired) electrons. The number of para-hydroxylation sites is 1. The fraction of sp³-hybridized carbons (Fsp3) is 0.476. The molecule has 2 aliphatic heterocycles. The van der Waals surface area contributed by atoms with Crippen molar-refractivity contribution in [2.24, 2.45) is 4.99 Å². The Morgan fingerprint density at radius 2 is 1.71 bits per heavy atom. The second-order valence-electron chi connectivity index (χ2n) is 7.42. The normalized spacial score (nSPS) is 18.5. The van der Waals surface area contributed by atoms with E-state index in [1.54, 1.807) is 6.07 Å². The van der Waals surface area contributed by atoms with Crippen LogP contribution in [-0.4, -0.2) is 63.0 Å². The predicted molar refractivity (Wildman–Crippen MR) is 136 cm³/mol. The van der Waals surface area contributed by atoms with E-state index in [1.165, 1.54) is 22.1 Å². The number of halogens is 1. The summed E-state index contributed by atoms with van der Waals surface area (Å²) in [5.41, 5.74) is 1.00. The number of likely N-dealkylation sites (tertiary alicyclic amines) is 1. The highest BCUT2D eigenvalue weighted by atomic mass is 127. The molecule has 2 aromatic rings. The number of thiophene rings is 1. The number of hydrogen-bond donors (Lipinski definition) is 1. The quantitative estimate of drug-likeness (QED) is 0.333. The summed E-state index contributed by atoms with van der Waals surface area (Å²) in [6, 6.07) is 13.6. The molecule has 0 aliphatic carbocycles. The number of hydrogen-bond acceptors (Lipinski definition) is 5. The molecule has 31 heavy (non-hydrogen) atoms. The third kappa shape index (κ3) is 6.41. The molecular weight excluding hydrogens is 547 g/mol.